The molecule has 0 atom stereocenters. The summed E-state index contributed by atoms with van der Waals surface area (Å²) < 4.78 is 15.7. The average molecular weight is 681 g/mol. The smallest absolute Gasteiger partial charge is 0.330 e. The topological polar surface area (TPSA) is 82.1 Å². The molecule has 6 heteroatoms. The first-order chi connectivity index (χ1) is 23.6. The second-order valence-electron chi connectivity index (χ2n) is 12.2. The van der Waals surface area contributed by atoms with E-state index in [9.17, 15) is 9.59 Å². The number of esters is 1. The van der Waals surface area contributed by atoms with Crippen LogP contribution in [0.2, 0.25) is 0 Å². The van der Waals surface area contributed by atoms with Gasteiger partial charge in [-0.1, -0.05) is 71.9 Å². The number of carboxylic acid groups (broad SMARTS) is 1. The van der Waals surface area contributed by atoms with Crippen LogP contribution >= 0.6 is 0 Å². The molecule has 2 rings (SSSR count). The van der Waals surface area contributed by atoms with Crippen molar-refractivity contribution in [3.63, 3.8) is 0 Å². The molecule has 6 nitrogen and oxygen atoms in total. The Morgan fingerprint density at radius 1 is 0.620 bits per heavy atom. The molecule has 0 aliphatic rings. The van der Waals surface area contributed by atoms with Gasteiger partial charge < -0.3 is 19.3 Å². The van der Waals surface area contributed by atoms with Crippen LogP contribution in [0.5, 0.6) is 11.5 Å². The number of allylic oxidation sites excluding steroid dienone is 12. The van der Waals surface area contributed by atoms with Crippen LogP contribution in [0.15, 0.2) is 95.2 Å². The Hall–Kier alpha value is -5.10. The number of carbonyl (C=O) groups excluding carboxylic acids is 1. The monoisotopic (exact) mass is 680 g/mol. The molecule has 268 valence electrons. The summed E-state index contributed by atoms with van der Waals surface area (Å²) in [7, 11) is 3.39. The first-order valence-corrected chi connectivity index (χ1v) is 16.7. The maximum absolute atomic E-state index is 11.4. The van der Waals surface area contributed by atoms with Gasteiger partial charge in [0.2, 0.25) is 0 Å². The zero-order valence-corrected chi connectivity index (χ0v) is 32.3. The normalized spacial score (nSPS) is 13.0. The SMILES string of the molecule is CCOC(=O)/C=C(C)/C=C/C=C(C)/C=C/c1c(C)cc(OC)c(C)c1C.COc1cc(C)c(C=CC(C)=CC=CC(C)=CC(=O)O)c(C)c1C. The molecule has 0 aromatic heterocycles. The van der Waals surface area contributed by atoms with Gasteiger partial charge in [-0.2, -0.15) is 0 Å². The van der Waals surface area contributed by atoms with Gasteiger partial charge in [-0.3, -0.25) is 0 Å². The molecule has 0 amide bonds. The van der Waals surface area contributed by atoms with Crippen molar-refractivity contribution in [3.8, 4) is 11.5 Å². The van der Waals surface area contributed by atoms with Gasteiger partial charge >= 0.3 is 11.9 Å². The predicted octanol–water partition coefficient (Wildman–Crippen LogP) is 10.8. The predicted molar refractivity (Wildman–Crippen MR) is 210 cm³/mol. The van der Waals surface area contributed by atoms with Gasteiger partial charge in [-0.05, 0) is 144 Å². The molecule has 0 spiro atoms. The van der Waals surface area contributed by atoms with Crippen molar-refractivity contribution in [2.45, 2.75) is 76.2 Å². The molecule has 0 saturated heterocycles. The minimum absolute atomic E-state index is 0.309. The number of aryl methyl sites for hydroxylation is 2. The zero-order valence-electron chi connectivity index (χ0n) is 32.3. The molecule has 0 unspecified atom stereocenters. The lowest BCUT2D eigenvalue weighted by atomic mass is 9.96. The summed E-state index contributed by atoms with van der Waals surface area (Å²) in [5.74, 6) is 0.601. The first-order valence-electron chi connectivity index (χ1n) is 16.7. The number of ether oxygens (including phenoxy) is 3. The van der Waals surface area contributed by atoms with Crippen LogP contribution in [0, 0.1) is 41.5 Å². The summed E-state index contributed by atoms with van der Waals surface area (Å²) in [6.45, 7) is 22.4. The molecule has 0 aliphatic carbocycles. The number of aliphatic carboxylic acids is 1. The van der Waals surface area contributed by atoms with Crippen LogP contribution in [0.4, 0.5) is 0 Å². The minimum atomic E-state index is -0.932. The van der Waals surface area contributed by atoms with Gasteiger partial charge in [0, 0.05) is 12.2 Å². The number of carboxylic acids is 1. The lowest BCUT2D eigenvalue weighted by molar-refractivity contribution is -0.137. The van der Waals surface area contributed by atoms with E-state index in [0.29, 0.717) is 12.2 Å². The number of hydrogen-bond acceptors (Lipinski definition) is 5. The molecule has 0 heterocycles. The van der Waals surface area contributed by atoms with Crippen molar-refractivity contribution in [1.82, 2.24) is 0 Å². The molecule has 0 aliphatic heterocycles. The van der Waals surface area contributed by atoms with Crippen molar-refractivity contribution in [2.24, 2.45) is 0 Å². The molecule has 2 aromatic carbocycles. The fourth-order valence-electron chi connectivity index (χ4n) is 4.97. The lowest BCUT2D eigenvalue weighted by Crippen LogP contribution is -1.99. The maximum atomic E-state index is 11.4. The highest BCUT2D eigenvalue weighted by Crippen LogP contribution is 2.29. The fraction of sp³-hybridized carbons (Fsp3) is 0.318. The van der Waals surface area contributed by atoms with Crippen molar-refractivity contribution < 1.29 is 28.9 Å². The van der Waals surface area contributed by atoms with Crippen LogP contribution in [0.1, 0.15) is 79.1 Å². The van der Waals surface area contributed by atoms with E-state index in [2.05, 4.69) is 78.0 Å². The highest BCUT2D eigenvalue weighted by atomic mass is 16.5. The molecule has 0 saturated carbocycles. The summed E-state index contributed by atoms with van der Waals surface area (Å²) in [5.41, 5.74) is 13.3. The van der Waals surface area contributed by atoms with Crippen LogP contribution in [-0.2, 0) is 14.3 Å². The molecule has 1 N–H and O–H groups in total. The van der Waals surface area contributed by atoms with E-state index in [1.165, 1.54) is 51.1 Å². The number of rotatable bonds is 13. The Bertz CT molecular complexity index is 1750. The quantitative estimate of drug-likeness (QED) is 0.129. The second kappa shape index (κ2) is 21.8. The Kier molecular flexibility index (Phi) is 18.7. The fourth-order valence-corrected chi connectivity index (χ4v) is 4.97. The van der Waals surface area contributed by atoms with Gasteiger partial charge in [-0.25, -0.2) is 9.59 Å². The van der Waals surface area contributed by atoms with E-state index in [0.717, 1.165) is 33.8 Å². The molecular weight excluding hydrogens is 624 g/mol. The Labute approximate surface area is 300 Å². The van der Waals surface area contributed by atoms with Gasteiger partial charge in [0.1, 0.15) is 11.5 Å². The Morgan fingerprint density at radius 2 is 1.02 bits per heavy atom. The van der Waals surface area contributed by atoms with Gasteiger partial charge in [0.05, 0.1) is 20.8 Å². The minimum Gasteiger partial charge on any atom is -0.496 e. The Morgan fingerprint density at radius 3 is 1.38 bits per heavy atom. The number of carbonyl (C=O) groups is 2. The van der Waals surface area contributed by atoms with E-state index in [-0.39, 0.29) is 5.97 Å². The van der Waals surface area contributed by atoms with E-state index in [1.54, 1.807) is 34.1 Å². The number of hydrogen-bond donors (Lipinski definition) is 1. The van der Waals surface area contributed by atoms with Crippen molar-refractivity contribution in [3.05, 3.63) is 140 Å². The van der Waals surface area contributed by atoms with Crippen LogP contribution in [-0.4, -0.2) is 37.9 Å². The molecule has 2 aromatic rings. The standard InChI is InChI=1S/C23H30O3.C21H26O3/c1-8-26-23(24)14-17(3)11-9-10-16(2)12-13-21-18(4)15-22(25-7)20(6)19(21)5;1-14(8-7-9-15(2)12-21(22)23)10-11-19-16(3)13-20(24-6)18(5)17(19)4/h9-15H,8H2,1-7H3;7-13H,1-6H3,(H,22,23)/b11-9+,13-12+,16-10+,17-14+;. The van der Waals surface area contributed by atoms with Crippen LogP contribution < -0.4 is 9.47 Å². The molecule has 50 heavy (non-hydrogen) atoms. The third-order valence-corrected chi connectivity index (χ3v) is 8.10. The molecule has 0 fully saturated rings. The van der Waals surface area contributed by atoms with Crippen LogP contribution in [0.3, 0.4) is 0 Å². The summed E-state index contributed by atoms with van der Waals surface area (Å²) in [5, 5.41) is 8.67. The van der Waals surface area contributed by atoms with Crippen molar-refractivity contribution in [1.29, 1.82) is 0 Å². The van der Waals surface area contributed by atoms with Crippen LogP contribution in [0.25, 0.3) is 12.2 Å². The summed E-state index contributed by atoms with van der Waals surface area (Å²) >= 11 is 0. The third-order valence-electron chi connectivity index (χ3n) is 8.10. The van der Waals surface area contributed by atoms with E-state index < -0.39 is 5.97 Å². The first kappa shape index (κ1) is 42.9. The van der Waals surface area contributed by atoms with E-state index in [4.69, 9.17) is 19.3 Å². The highest BCUT2D eigenvalue weighted by molar-refractivity contribution is 5.83. The average Bonchev–Trinajstić information content (AvgIpc) is 3.04. The largest absolute Gasteiger partial charge is 0.496 e. The van der Waals surface area contributed by atoms with Gasteiger partial charge in [-0.15, -0.1) is 0 Å². The van der Waals surface area contributed by atoms with E-state index >= 15 is 0 Å². The molecule has 0 radical (unpaired) electrons. The van der Waals surface area contributed by atoms with E-state index in [1.807, 2.05) is 51.2 Å². The summed E-state index contributed by atoms with van der Waals surface area (Å²) in [4.78, 5) is 21.9. The zero-order chi connectivity index (χ0) is 38.0. The molecular formula is C44H56O6. The number of methoxy groups -OCH3 is 2. The van der Waals surface area contributed by atoms with Crippen molar-refractivity contribution >= 4 is 24.1 Å². The maximum Gasteiger partial charge on any atom is 0.330 e. The van der Waals surface area contributed by atoms with Gasteiger partial charge in [0.15, 0.2) is 0 Å². The summed E-state index contributed by atoms with van der Waals surface area (Å²) in [6, 6.07) is 4.13. The third kappa shape index (κ3) is 14.6. The Balaban J connectivity index is 0.000000502. The van der Waals surface area contributed by atoms with Gasteiger partial charge in [0.25, 0.3) is 0 Å². The molecule has 0 bridgehead atoms. The number of benzene rings is 2. The highest BCUT2D eigenvalue weighted by Gasteiger charge is 2.09. The second-order valence-corrected chi connectivity index (χ2v) is 12.2. The lowest BCUT2D eigenvalue weighted by Gasteiger charge is -2.13. The van der Waals surface area contributed by atoms with Crippen molar-refractivity contribution in [2.75, 3.05) is 20.8 Å². The summed E-state index contributed by atoms with van der Waals surface area (Å²) in [6.07, 6.45) is 22.5.